The minimum absolute atomic E-state index is 0.369. The third-order valence-corrected chi connectivity index (χ3v) is 3.69. The number of nitrogens with one attached hydrogen (secondary N) is 2. The zero-order valence-electron chi connectivity index (χ0n) is 12.6. The predicted molar refractivity (Wildman–Crippen MR) is 91.3 cm³/mol. The summed E-state index contributed by atoms with van der Waals surface area (Å²) in [6.45, 7) is 2.51. The standard InChI is InChI=1S/C17H17BrN2O3/c1-2-11-23-15-10-6-4-8-13(15)17(22)20-19-16(21)12-7-3-5-9-14(12)18/h3-10H,2,11H2,1H3,(H,19,21)(H,20,22). The summed E-state index contributed by atoms with van der Waals surface area (Å²) in [5.74, 6) is -0.350. The lowest BCUT2D eigenvalue weighted by Gasteiger charge is -2.12. The highest BCUT2D eigenvalue weighted by Gasteiger charge is 2.14. The molecule has 0 bridgehead atoms. The lowest BCUT2D eigenvalue weighted by Crippen LogP contribution is -2.41. The molecule has 0 atom stereocenters. The molecule has 0 radical (unpaired) electrons. The molecule has 6 heteroatoms. The maximum Gasteiger partial charge on any atom is 0.273 e. The van der Waals surface area contributed by atoms with E-state index in [1.54, 1.807) is 48.5 Å². The van der Waals surface area contributed by atoms with Crippen LogP contribution in [0.1, 0.15) is 34.1 Å². The second-order valence-electron chi connectivity index (χ2n) is 4.73. The molecule has 0 saturated heterocycles. The van der Waals surface area contributed by atoms with Gasteiger partial charge < -0.3 is 4.74 Å². The summed E-state index contributed by atoms with van der Waals surface area (Å²) in [5, 5.41) is 0. The number of hydrazine groups is 1. The summed E-state index contributed by atoms with van der Waals surface area (Å²) in [7, 11) is 0. The molecule has 0 heterocycles. The molecule has 0 aliphatic rings. The SMILES string of the molecule is CCCOc1ccccc1C(=O)NNC(=O)c1ccccc1Br. The molecule has 0 aliphatic heterocycles. The normalized spacial score (nSPS) is 10.0. The quantitative estimate of drug-likeness (QED) is 0.786. The summed E-state index contributed by atoms with van der Waals surface area (Å²) >= 11 is 3.30. The number of carbonyl (C=O) groups excluding carboxylic acids is 2. The van der Waals surface area contributed by atoms with E-state index in [9.17, 15) is 9.59 Å². The van der Waals surface area contributed by atoms with E-state index in [1.807, 2.05) is 6.92 Å². The molecular formula is C17H17BrN2O3. The number of amides is 2. The van der Waals surface area contributed by atoms with Crippen molar-refractivity contribution in [2.45, 2.75) is 13.3 Å². The molecule has 0 saturated carbocycles. The van der Waals surface area contributed by atoms with Crippen molar-refractivity contribution in [3.63, 3.8) is 0 Å². The lowest BCUT2D eigenvalue weighted by molar-refractivity contribution is 0.0844. The van der Waals surface area contributed by atoms with Crippen LogP contribution in [0.15, 0.2) is 53.0 Å². The van der Waals surface area contributed by atoms with Gasteiger partial charge in [0, 0.05) is 4.47 Å². The van der Waals surface area contributed by atoms with Crippen molar-refractivity contribution in [1.82, 2.24) is 10.9 Å². The van der Waals surface area contributed by atoms with Crippen LogP contribution in [0, 0.1) is 0 Å². The molecule has 2 N–H and O–H groups in total. The maximum absolute atomic E-state index is 12.2. The van der Waals surface area contributed by atoms with E-state index in [2.05, 4.69) is 26.8 Å². The number of rotatable bonds is 5. The van der Waals surface area contributed by atoms with Gasteiger partial charge in [0.05, 0.1) is 17.7 Å². The van der Waals surface area contributed by atoms with Crippen LogP contribution >= 0.6 is 15.9 Å². The van der Waals surface area contributed by atoms with Crippen molar-refractivity contribution in [2.24, 2.45) is 0 Å². The van der Waals surface area contributed by atoms with Crippen molar-refractivity contribution in [3.05, 3.63) is 64.1 Å². The molecule has 23 heavy (non-hydrogen) atoms. The Bertz CT molecular complexity index is 704. The van der Waals surface area contributed by atoms with Crippen LogP contribution in [0.25, 0.3) is 0 Å². The first-order valence-electron chi connectivity index (χ1n) is 7.20. The molecule has 0 unspecified atom stereocenters. The van der Waals surface area contributed by atoms with Crippen LogP contribution in [0.3, 0.4) is 0 Å². The Morgan fingerprint density at radius 3 is 2.17 bits per heavy atom. The van der Waals surface area contributed by atoms with Crippen LogP contribution in [-0.2, 0) is 0 Å². The third-order valence-electron chi connectivity index (χ3n) is 3.00. The molecule has 2 aromatic carbocycles. The minimum Gasteiger partial charge on any atom is -0.493 e. The summed E-state index contributed by atoms with van der Waals surface area (Å²) in [4.78, 5) is 24.3. The van der Waals surface area contributed by atoms with Gasteiger partial charge in [-0.15, -0.1) is 0 Å². The first-order valence-corrected chi connectivity index (χ1v) is 7.99. The summed E-state index contributed by atoms with van der Waals surface area (Å²) in [6, 6.07) is 13.9. The van der Waals surface area contributed by atoms with E-state index in [1.165, 1.54) is 0 Å². The summed E-state index contributed by atoms with van der Waals surface area (Å²) in [5.41, 5.74) is 5.60. The summed E-state index contributed by atoms with van der Waals surface area (Å²) in [6.07, 6.45) is 0.842. The minimum atomic E-state index is -0.433. The average Bonchev–Trinajstić information content (AvgIpc) is 2.58. The Labute approximate surface area is 143 Å². The van der Waals surface area contributed by atoms with Crippen LogP contribution in [-0.4, -0.2) is 18.4 Å². The molecule has 2 aromatic rings. The zero-order chi connectivity index (χ0) is 16.7. The third kappa shape index (κ3) is 4.56. The van der Waals surface area contributed by atoms with Crippen molar-refractivity contribution in [3.8, 4) is 5.75 Å². The first-order chi connectivity index (χ1) is 11.1. The van der Waals surface area contributed by atoms with Gasteiger partial charge in [0.25, 0.3) is 11.8 Å². The largest absolute Gasteiger partial charge is 0.493 e. The molecule has 0 aliphatic carbocycles. The highest BCUT2D eigenvalue weighted by atomic mass is 79.9. The van der Waals surface area contributed by atoms with Crippen LogP contribution in [0.5, 0.6) is 5.75 Å². The maximum atomic E-state index is 12.2. The number of benzene rings is 2. The van der Waals surface area contributed by atoms with Crippen molar-refractivity contribution < 1.29 is 14.3 Å². The van der Waals surface area contributed by atoms with Gasteiger partial charge in [-0.1, -0.05) is 31.2 Å². The lowest BCUT2D eigenvalue weighted by atomic mass is 10.2. The number of carbonyl (C=O) groups is 2. The monoisotopic (exact) mass is 376 g/mol. The van der Waals surface area contributed by atoms with Gasteiger partial charge in [0.15, 0.2) is 0 Å². The molecular weight excluding hydrogens is 360 g/mol. The van der Waals surface area contributed by atoms with Crippen LogP contribution in [0.2, 0.25) is 0 Å². The number of hydrogen-bond donors (Lipinski definition) is 2. The molecule has 2 amide bonds. The molecule has 0 aromatic heterocycles. The summed E-state index contributed by atoms with van der Waals surface area (Å²) < 4.78 is 6.19. The van der Waals surface area contributed by atoms with E-state index in [4.69, 9.17) is 4.74 Å². The van der Waals surface area contributed by atoms with Crippen LogP contribution < -0.4 is 15.6 Å². The fourth-order valence-corrected chi connectivity index (χ4v) is 2.35. The van der Waals surface area contributed by atoms with Gasteiger partial charge in [-0.3, -0.25) is 20.4 Å². The molecule has 120 valence electrons. The fraction of sp³-hybridized carbons (Fsp3) is 0.176. The van der Waals surface area contributed by atoms with Crippen molar-refractivity contribution >= 4 is 27.7 Å². The molecule has 5 nitrogen and oxygen atoms in total. The smallest absolute Gasteiger partial charge is 0.273 e. The van der Waals surface area contributed by atoms with E-state index in [0.29, 0.717) is 28.0 Å². The Morgan fingerprint density at radius 1 is 0.957 bits per heavy atom. The Hall–Kier alpha value is -2.34. The molecule has 0 fully saturated rings. The Balaban J connectivity index is 2.03. The van der Waals surface area contributed by atoms with Gasteiger partial charge in [-0.2, -0.15) is 0 Å². The number of ether oxygens (including phenoxy) is 1. The highest BCUT2D eigenvalue weighted by Crippen LogP contribution is 2.18. The van der Waals surface area contributed by atoms with Gasteiger partial charge in [-0.05, 0) is 46.6 Å². The van der Waals surface area contributed by atoms with Crippen molar-refractivity contribution in [2.75, 3.05) is 6.61 Å². The van der Waals surface area contributed by atoms with Gasteiger partial charge in [0.1, 0.15) is 5.75 Å². The van der Waals surface area contributed by atoms with E-state index in [0.717, 1.165) is 6.42 Å². The number of para-hydroxylation sites is 1. The first kappa shape index (κ1) is 17.0. The van der Waals surface area contributed by atoms with E-state index >= 15 is 0 Å². The Morgan fingerprint density at radius 2 is 1.52 bits per heavy atom. The number of hydrogen-bond acceptors (Lipinski definition) is 3. The molecule has 0 spiro atoms. The van der Waals surface area contributed by atoms with E-state index in [-0.39, 0.29) is 0 Å². The van der Waals surface area contributed by atoms with Crippen LogP contribution in [0.4, 0.5) is 0 Å². The predicted octanol–water partition coefficient (Wildman–Crippen LogP) is 3.31. The molecule has 2 rings (SSSR count). The second-order valence-corrected chi connectivity index (χ2v) is 5.59. The van der Waals surface area contributed by atoms with Gasteiger partial charge >= 0.3 is 0 Å². The zero-order valence-corrected chi connectivity index (χ0v) is 14.2. The fourth-order valence-electron chi connectivity index (χ4n) is 1.89. The second kappa shape index (κ2) is 8.33. The van der Waals surface area contributed by atoms with Gasteiger partial charge in [-0.25, -0.2) is 0 Å². The van der Waals surface area contributed by atoms with Crippen molar-refractivity contribution in [1.29, 1.82) is 0 Å². The van der Waals surface area contributed by atoms with E-state index < -0.39 is 11.8 Å². The Kier molecular flexibility index (Phi) is 6.17. The average molecular weight is 377 g/mol. The highest BCUT2D eigenvalue weighted by molar-refractivity contribution is 9.10. The number of halogens is 1. The topological polar surface area (TPSA) is 67.4 Å². The van der Waals surface area contributed by atoms with Gasteiger partial charge in [0.2, 0.25) is 0 Å².